The van der Waals surface area contributed by atoms with E-state index in [1.54, 1.807) is 59.2 Å². The lowest BCUT2D eigenvalue weighted by Gasteiger charge is -2.52. The van der Waals surface area contributed by atoms with Gasteiger partial charge in [-0.3, -0.25) is 24.1 Å². The van der Waals surface area contributed by atoms with E-state index in [-0.39, 0.29) is 43.8 Å². The van der Waals surface area contributed by atoms with E-state index in [4.69, 9.17) is 11.6 Å². The molecule has 4 atom stereocenters. The number of rotatable bonds is 13. The Morgan fingerprint density at radius 3 is 2.45 bits per heavy atom. The molecule has 0 spiro atoms. The maximum absolute atomic E-state index is 14.6. The quantitative estimate of drug-likeness (QED) is 0.233. The van der Waals surface area contributed by atoms with Crippen LogP contribution in [0.4, 0.5) is 4.39 Å². The molecule has 0 aliphatic carbocycles. The monoisotopic (exact) mass is 625 g/mol. The van der Waals surface area contributed by atoms with Crippen molar-refractivity contribution in [2.45, 2.75) is 69.2 Å². The molecule has 0 aromatic heterocycles. The summed E-state index contributed by atoms with van der Waals surface area (Å²) in [5.74, 6) is -1.49. The molecule has 2 aliphatic rings. The summed E-state index contributed by atoms with van der Waals surface area (Å²) in [4.78, 5) is 58.3. The molecule has 2 heterocycles. The van der Waals surface area contributed by atoms with E-state index < -0.39 is 29.1 Å². The molecule has 3 amide bonds. The van der Waals surface area contributed by atoms with Crippen LogP contribution < -0.4 is 16.0 Å². The number of piperazine rings is 1. The van der Waals surface area contributed by atoms with Crippen LogP contribution in [0.3, 0.4) is 0 Å². The lowest BCUT2D eigenvalue weighted by atomic mass is 9.85. The summed E-state index contributed by atoms with van der Waals surface area (Å²) in [7, 11) is 0. The molecule has 2 fully saturated rings. The van der Waals surface area contributed by atoms with E-state index in [1.165, 1.54) is 12.1 Å². The molecule has 44 heavy (non-hydrogen) atoms. The SMILES string of the molecule is C=CCNC(=O)C(C)(c1ccc(Cl)cc1)N1CCN([C@@](C=O)(Cc2ccc(F)cc2)NC(=O)C2CCCN2)[C@@H](CCC)C1=O. The van der Waals surface area contributed by atoms with Crippen LogP contribution in [0.1, 0.15) is 50.7 Å². The summed E-state index contributed by atoms with van der Waals surface area (Å²) < 4.78 is 13.8. The number of nitrogens with one attached hydrogen (secondary N) is 3. The molecule has 0 radical (unpaired) electrons. The van der Waals surface area contributed by atoms with Crippen molar-refractivity contribution in [2.75, 3.05) is 26.2 Å². The highest BCUT2D eigenvalue weighted by Gasteiger charge is 2.53. The van der Waals surface area contributed by atoms with Crippen LogP contribution in [0, 0.1) is 5.82 Å². The third-order valence-corrected chi connectivity index (χ3v) is 8.91. The average Bonchev–Trinajstić information content (AvgIpc) is 3.57. The first-order valence-corrected chi connectivity index (χ1v) is 15.5. The molecule has 2 unspecified atom stereocenters. The summed E-state index contributed by atoms with van der Waals surface area (Å²) in [5.41, 5.74) is -1.80. The summed E-state index contributed by atoms with van der Waals surface area (Å²) in [5, 5.41) is 9.50. The highest BCUT2D eigenvalue weighted by atomic mass is 35.5. The molecular formula is C33H41ClFN5O4. The van der Waals surface area contributed by atoms with Gasteiger partial charge in [0.1, 0.15) is 11.4 Å². The normalized spacial score (nSPS) is 21.6. The largest absolute Gasteiger partial charge is 0.350 e. The number of carbonyl (C=O) groups is 4. The van der Waals surface area contributed by atoms with Crippen molar-refractivity contribution in [3.8, 4) is 0 Å². The van der Waals surface area contributed by atoms with Gasteiger partial charge in [-0.2, -0.15) is 0 Å². The van der Waals surface area contributed by atoms with Crippen molar-refractivity contribution in [2.24, 2.45) is 0 Å². The molecule has 0 saturated carbocycles. The Balaban J connectivity index is 1.76. The van der Waals surface area contributed by atoms with Crippen LogP contribution >= 0.6 is 11.6 Å². The van der Waals surface area contributed by atoms with Gasteiger partial charge in [0, 0.05) is 31.1 Å². The van der Waals surface area contributed by atoms with Crippen LogP contribution in [0.15, 0.2) is 61.2 Å². The topological polar surface area (TPSA) is 111 Å². The number of amides is 3. The summed E-state index contributed by atoms with van der Waals surface area (Å²) in [6.45, 7) is 8.50. The molecule has 0 bridgehead atoms. The van der Waals surface area contributed by atoms with Gasteiger partial charge in [-0.25, -0.2) is 4.39 Å². The van der Waals surface area contributed by atoms with Gasteiger partial charge >= 0.3 is 0 Å². The summed E-state index contributed by atoms with van der Waals surface area (Å²) >= 11 is 6.16. The highest BCUT2D eigenvalue weighted by Crippen LogP contribution is 2.36. The van der Waals surface area contributed by atoms with Gasteiger partial charge in [-0.1, -0.05) is 55.3 Å². The Hall–Kier alpha value is -3.60. The third-order valence-electron chi connectivity index (χ3n) is 8.66. The average molecular weight is 626 g/mol. The van der Waals surface area contributed by atoms with E-state index in [0.717, 1.165) is 6.42 Å². The maximum Gasteiger partial charge on any atom is 0.250 e. The third kappa shape index (κ3) is 6.87. The van der Waals surface area contributed by atoms with Crippen LogP contribution in [0.5, 0.6) is 0 Å². The lowest BCUT2D eigenvalue weighted by molar-refractivity contribution is -0.164. The fraction of sp³-hybridized carbons (Fsp3) is 0.455. The zero-order valence-corrected chi connectivity index (χ0v) is 26.0. The van der Waals surface area contributed by atoms with Crippen molar-refractivity contribution in [1.29, 1.82) is 0 Å². The predicted octanol–water partition coefficient (Wildman–Crippen LogP) is 3.32. The number of halogens is 2. The zero-order chi connectivity index (χ0) is 31.9. The fourth-order valence-corrected chi connectivity index (χ4v) is 6.39. The smallest absolute Gasteiger partial charge is 0.250 e. The number of hydrogen-bond donors (Lipinski definition) is 3. The Labute approximate surface area is 263 Å². The molecule has 236 valence electrons. The van der Waals surface area contributed by atoms with E-state index in [2.05, 4.69) is 22.5 Å². The van der Waals surface area contributed by atoms with Gasteiger partial charge in [-0.05, 0) is 68.1 Å². The number of nitrogens with zero attached hydrogens (tertiary/aromatic N) is 2. The molecule has 11 heteroatoms. The van der Waals surface area contributed by atoms with Gasteiger partial charge in [-0.15, -0.1) is 6.58 Å². The van der Waals surface area contributed by atoms with Crippen LogP contribution in [0.2, 0.25) is 5.02 Å². The van der Waals surface area contributed by atoms with Gasteiger partial charge < -0.3 is 20.9 Å². The fourth-order valence-electron chi connectivity index (χ4n) is 6.26. The van der Waals surface area contributed by atoms with Crippen molar-refractivity contribution < 1.29 is 23.6 Å². The maximum atomic E-state index is 14.6. The first-order valence-electron chi connectivity index (χ1n) is 15.1. The van der Waals surface area contributed by atoms with Crippen molar-refractivity contribution >= 4 is 35.6 Å². The van der Waals surface area contributed by atoms with Gasteiger partial charge in [0.25, 0.3) is 5.91 Å². The Morgan fingerprint density at radius 1 is 1.16 bits per heavy atom. The second kappa shape index (κ2) is 14.5. The number of benzene rings is 2. The standard InChI is InChI=1S/C33H41ClFN5O4/c1-4-7-28-30(43)40(32(3,31(44)37-17-5-2)24-11-13-25(34)14-12-24)20-19-39(28)33(22-41,21-23-9-15-26(35)16-10-23)38-29(42)27-8-6-18-36-27/h5,9-16,22,27-28,36H,2,4,6-8,17-21H2,1,3H3,(H,37,44)(H,38,42)/t27?,28-,32?,33+/m0/s1. The van der Waals surface area contributed by atoms with E-state index in [0.29, 0.717) is 48.2 Å². The minimum absolute atomic E-state index is 0.0248. The zero-order valence-electron chi connectivity index (χ0n) is 25.3. The highest BCUT2D eigenvalue weighted by molar-refractivity contribution is 6.30. The molecular weight excluding hydrogens is 585 g/mol. The Kier molecular flexibility index (Phi) is 10.9. The minimum Gasteiger partial charge on any atom is -0.350 e. The first kappa shape index (κ1) is 33.3. The molecule has 3 N–H and O–H groups in total. The molecule has 2 aromatic rings. The Morgan fingerprint density at radius 2 is 1.86 bits per heavy atom. The number of hydrogen-bond acceptors (Lipinski definition) is 6. The number of carbonyl (C=O) groups excluding carboxylic acids is 4. The van der Waals surface area contributed by atoms with Crippen LogP contribution in [0.25, 0.3) is 0 Å². The molecule has 9 nitrogen and oxygen atoms in total. The van der Waals surface area contributed by atoms with Crippen LogP contribution in [-0.4, -0.2) is 77.7 Å². The van der Waals surface area contributed by atoms with Crippen molar-refractivity contribution in [3.63, 3.8) is 0 Å². The first-order chi connectivity index (χ1) is 21.1. The van der Waals surface area contributed by atoms with Crippen molar-refractivity contribution in [3.05, 3.63) is 83.2 Å². The van der Waals surface area contributed by atoms with Crippen molar-refractivity contribution in [1.82, 2.24) is 25.8 Å². The number of aldehydes is 1. The molecule has 2 aliphatic heterocycles. The summed E-state index contributed by atoms with van der Waals surface area (Å²) in [6.07, 6.45) is 4.71. The molecule has 4 rings (SSSR count). The van der Waals surface area contributed by atoms with Gasteiger partial charge in [0.2, 0.25) is 11.8 Å². The van der Waals surface area contributed by atoms with Gasteiger partial charge in [0.15, 0.2) is 11.9 Å². The van der Waals surface area contributed by atoms with Gasteiger partial charge in [0.05, 0.1) is 12.1 Å². The van der Waals surface area contributed by atoms with E-state index in [1.807, 2.05) is 6.92 Å². The molecule has 2 saturated heterocycles. The summed E-state index contributed by atoms with van der Waals surface area (Å²) in [6, 6.07) is 11.2. The lowest BCUT2D eigenvalue weighted by Crippen LogP contribution is -2.74. The minimum atomic E-state index is -1.59. The predicted molar refractivity (Wildman–Crippen MR) is 167 cm³/mol. The van der Waals surface area contributed by atoms with Crippen LogP contribution in [-0.2, 0) is 31.1 Å². The van der Waals surface area contributed by atoms with E-state index >= 15 is 0 Å². The Bertz CT molecular complexity index is 1350. The second-order valence-corrected chi connectivity index (χ2v) is 12.0. The second-order valence-electron chi connectivity index (χ2n) is 11.5. The van der Waals surface area contributed by atoms with E-state index in [9.17, 15) is 23.6 Å². The molecule has 2 aromatic carbocycles.